The molecule has 0 aromatic heterocycles. The van der Waals surface area contributed by atoms with E-state index < -0.39 is 11.8 Å². The van der Waals surface area contributed by atoms with Crippen molar-refractivity contribution in [3.63, 3.8) is 0 Å². The molecule has 6 nitrogen and oxygen atoms in total. The molecule has 0 bridgehead atoms. The van der Waals surface area contributed by atoms with Crippen LogP contribution in [0.3, 0.4) is 0 Å². The summed E-state index contributed by atoms with van der Waals surface area (Å²) >= 11 is 1.29. The molecule has 0 fully saturated rings. The van der Waals surface area contributed by atoms with E-state index >= 15 is 0 Å². The zero-order chi connectivity index (χ0) is 27.6. The van der Waals surface area contributed by atoms with E-state index in [-0.39, 0.29) is 23.2 Å². The zero-order valence-corrected chi connectivity index (χ0v) is 21.9. The van der Waals surface area contributed by atoms with E-state index in [4.69, 9.17) is 0 Å². The van der Waals surface area contributed by atoms with Crippen molar-refractivity contribution < 1.29 is 18.8 Å². The van der Waals surface area contributed by atoms with E-state index in [1.54, 1.807) is 48.5 Å². The zero-order valence-electron chi connectivity index (χ0n) is 21.1. The SMILES string of the molecule is Cc1cccc(/C=C(/NC(=O)c2ccccc2)C(=O)Nc2cccc(SCC(=O)Nc3ccc(F)cc3)c2)c1. The molecule has 0 spiro atoms. The topological polar surface area (TPSA) is 87.3 Å². The summed E-state index contributed by atoms with van der Waals surface area (Å²) in [6, 6.07) is 28.8. The summed E-state index contributed by atoms with van der Waals surface area (Å²) in [5.74, 6) is -1.38. The van der Waals surface area contributed by atoms with Crippen molar-refractivity contribution in [2.45, 2.75) is 11.8 Å². The fourth-order valence-corrected chi connectivity index (χ4v) is 4.37. The molecular formula is C31H26FN3O3S. The predicted octanol–water partition coefficient (Wildman–Crippen LogP) is 6.27. The maximum Gasteiger partial charge on any atom is 0.272 e. The second-order valence-electron chi connectivity index (χ2n) is 8.62. The van der Waals surface area contributed by atoms with Crippen LogP contribution < -0.4 is 16.0 Å². The third kappa shape index (κ3) is 8.41. The third-order valence-electron chi connectivity index (χ3n) is 5.47. The monoisotopic (exact) mass is 539 g/mol. The lowest BCUT2D eigenvalue weighted by Crippen LogP contribution is -2.30. The lowest BCUT2D eigenvalue weighted by atomic mass is 10.1. The number of amides is 3. The van der Waals surface area contributed by atoms with Crippen molar-refractivity contribution in [2.75, 3.05) is 16.4 Å². The van der Waals surface area contributed by atoms with Crippen LogP contribution in [0.4, 0.5) is 15.8 Å². The number of halogens is 1. The summed E-state index contributed by atoms with van der Waals surface area (Å²) in [4.78, 5) is 39.2. The standard InChI is InChI=1S/C31H26FN3O3S/c1-21-7-5-8-22(17-21)18-28(35-30(37)23-9-3-2-4-10-23)31(38)34-26-11-6-12-27(19-26)39-20-29(36)33-25-15-13-24(32)14-16-25/h2-19H,20H2,1H3,(H,33,36)(H,34,38)(H,35,37)/b28-18+. The molecule has 0 heterocycles. The average Bonchev–Trinajstić information content (AvgIpc) is 2.93. The summed E-state index contributed by atoms with van der Waals surface area (Å²) < 4.78 is 13.1. The lowest BCUT2D eigenvalue weighted by Gasteiger charge is -2.12. The number of anilines is 2. The van der Waals surface area contributed by atoms with Crippen LogP contribution >= 0.6 is 11.8 Å². The Morgan fingerprint density at radius 1 is 0.795 bits per heavy atom. The van der Waals surface area contributed by atoms with Crippen molar-refractivity contribution in [3.05, 3.63) is 131 Å². The Morgan fingerprint density at radius 2 is 1.54 bits per heavy atom. The van der Waals surface area contributed by atoms with Crippen LogP contribution in [0.1, 0.15) is 21.5 Å². The number of benzene rings is 4. The van der Waals surface area contributed by atoms with Crippen molar-refractivity contribution in [2.24, 2.45) is 0 Å². The fourth-order valence-electron chi connectivity index (χ4n) is 3.61. The minimum absolute atomic E-state index is 0.0891. The molecule has 0 aliphatic carbocycles. The Bertz CT molecular complexity index is 1510. The van der Waals surface area contributed by atoms with Gasteiger partial charge in [0.25, 0.3) is 11.8 Å². The maximum absolute atomic E-state index is 13.3. The highest BCUT2D eigenvalue weighted by atomic mass is 32.2. The molecule has 0 radical (unpaired) electrons. The van der Waals surface area contributed by atoms with Gasteiger partial charge >= 0.3 is 0 Å². The van der Waals surface area contributed by atoms with Crippen LogP contribution in [0.5, 0.6) is 0 Å². The molecule has 0 unspecified atom stereocenters. The van der Waals surface area contributed by atoms with Crippen LogP contribution in [0.2, 0.25) is 0 Å². The first kappa shape index (κ1) is 27.3. The second kappa shape index (κ2) is 13.2. The highest BCUT2D eigenvalue weighted by Crippen LogP contribution is 2.23. The first-order chi connectivity index (χ1) is 18.9. The highest BCUT2D eigenvalue weighted by molar-refractivity contribution is 8.00. The molecule has 3 amide bonds. The van der Waals surface area contributed by atoms with Crippen molar-refractivity contribution in [1.82, 2.24) is 5.32 Å². The van der Waals surface area contributed by atoms with E-state index in [2.05, 4.69) is 16.0 Å². The molecule has 4 aromatic carbocycles. The van der Waals surface area contributed by atoms with Gasteiger partial charge < -0.3 is 16.0 Å². The molecule has 8 heteroatoms. The summed E-state index contributed by atoms with van der Waals surface area (Å²) in [6.07, 6.45) is 1.63. The van der Waals surface area contributed by atoms with Crippen molar-refractivity contribution in [1.29, 1.82) is 0 Å². The van der Waals surface area contributed by atoms with Gasteiger partial charge in [0, 0.05) is 21.8 Å². The van der Waals surface area contributed by atoms with Crippen LogP contribution in [0.25, 0.3) is 6.08 Å². The number of thioether (sulfide) groups is 1. The minimum atomic E-state index is -0.489. The molecule has 0 aliphatic heterocycles. The van der Waals surface area contributed by atoms with Gasteiger partial charge in [-0.15, -0.1) is 11.8 Å². The van der Waals surface area contributed by atoms with Crippen LogP contribution in [0, 0.1) is 12.7 Å². The van der Waals surface area contributed by atoms with E-state index in [1.165, 1.54) is 36.0 Å². The van der Waals surface area contributed by atoms with E-state index in [1.807, 2.05) is 43.3 Å². The van der Waals surface area contributed by atoms with Gasteiger partial charge in [-0.2, -0.15) is 0 Å². The molecule has 0 aliphatic rings. The first-order valence-corrected chi connectivity index (χ1v) is 13.1. The van der Waals surface area contributed by atoms with Gasteiger partial charge in [-0.05, 0) is 73.2 Å². The number of hydrogen-bond donors (Lipinski definition) is 3. The third-order valence-corrected chi connectivity index (χ3v) is 6.47. The molecule has 4 rings (SSSR count). The summed E-state index contributed by atoms with van der Waals surface area (Å²) in [5, 5.41) is 8.28. The van der Waals surface area contributed by atoms with Crippen LogP contribution in [0.15, 0.2) is 114 Å². The average molecular weight is 540 g/mol. The Balaban J connectivity index is 1.45. The predicted molar refractivity (Wildman–Crippen MR) is 154 cm³/mol. The molecule has 0 atom stereocenters. The summed E-state index contributed by atoms with van der Waals surface area (Å²) in [5.41, 5.74) is 3.32. The van der Waals surface area contributed by atoms with E-state index in [0.29, 0.717) is 16.9 Å². The quantitative estimate of drug-likeness (QED) is 0.173. The lowest BCUT2D eigenvalue weighted by molar-refractivity contribution is -0.114. The van der Waals surface area contributed by atoms with Gasteiger partial charge in [-0.1, -0.05) is 54.1 Å². The number of carbonyl (C=O) groups is 3. The highest BCUT2D eigenvalue weighted by Gasteiger charge is 2.15. The van der Waals surface area contributed by atoms with Gasteiger partial charge in [0.1, 0.15) is 11.5 Å². The number of carbonyl (C=O) groups excluding carboxylic acids is 3. The van der Waals surface area contributed by atoms with E-state index in [0.717, 1.165) is 16.0 Å². The molecule has 3 N–H and O–H groups in total. The molecule has 0 saturated heterocycles. The molecule has 0 saturated carbocycles. The number of nitrogens with one attached hydrogen (secondary N) is 3. The van der Waals surface area contributed by atoms with Crippen molar-refractivity contribution >= 4 is 46.9 Å². The second-order valence-corrected chi connectivity index (χ2v) is 9.67. The van der Waals surface area contributed by atoms with Crippen LogP contribution in [-0.2, 0) is 9.59 Å². The van der Waals surface area contributed by atoms with Gasteiger partial charge in [0.15, 0.2) is 0 Å². The van der Waals surface area contributed by atoms with Gasteiger partial charge in [-0.25, -0.2) is 4.39 Å². The smallest absolute Gasteiger partial charge is 0.272 e. The van der Waals surface area contributed by atoms with E-state index in [9.17, 15) is 18.8 Å². The largest absolute Gasteiger partial charge is 0.325 e. The Labute approximate surface area is 230 Å². The summed E-state index contributed by atoms with van der Waals surface area (Å²) in [6.45, 7) is 1.95. The fraction of sp³-hybridized carbons (Fsp3) is 0.0645. The Morgan fingerprint density at radius 3 is 2.28 bits per heavy atom. The first-order valence-electron chi connectivity index (χ1n) is 12.1. The minimum Gasteiger partial charge on any atom is -0.325 e. The normalized spacial score (nSPS) is 11.0. The van der Waals surface area contributed by atoms with Crippen molar-refractivity contribution in [3.8, 4) is 0 Å². The molecule has 39 heavy (non-hydrogen) atoms. The van der Waals surface area contributed by atoms with Gasteiger partial charge in [-0.3, -0.25) is 14.4 Å². The molecular weight excluding hydrogens is 513 g/mol. The van der Waals surface area contributed by atoms with Gasteiger partial charge in [0.2, 0.25) is 5.91 Å². The summed E-state index contributed by atoms with van der Waals surface area (Å²) in [7, 11) is 0. The molecule has 4 aromatic rings. The number of aryl methyl sites for hydroxylation is 1. The number of hydrogen-bond acceptors (Lipinski definition) is 4. The Kier molecular flexibility index (Phi) is 9.26. The maximum atomic E-state index is 13.3. The molecule has 196 valence electrons. The number of rotatable bonds is 9. The van der Waals surface area contributed by atoms with Gasteiger partial charge in [0.05, 0.1) is 5.75 Å². The van der Waals surface area contributed by atoms with Crippen LogP contribution in [-0.4, -0.2) is 23.5 Å². The Hall–Kier alpha value is -4.69.